The third kappa shape index (κ3) is 3.72. The molecule has 1 amide bonds. The largest absolute Gasteiger partial charge is 0.355 e. The van der Waals surface area contributed by atoms with Gasteiger partial charge in [-0.25, -0.2) is 8.78 Å². The minimum atomic E-state index is -0.695. The van der Waals surface area contributed by atoms with Crippen LogP contribution in [0.3, 0.4) is 0 Å². The second-order valence-electron chi connectivity index (χ2n) is 6.00. The quantitative estimate of drug-likeness (QED) is 0.644. The second-order valence-corrected chi connectivity index (χ2v) is 6.00. The van der Waals surface area contributed by atoms with Gasteiger partial charge in [-0.2, -0.15) is 0 Å². The first-order valence-corrected chi connectivity index (χ1v) is 8.14. The molecule has 0 saturated heterocycles. The van der Waals surface area contributed by atoms with E-state index in [-0.39, 0.29) is 5.69 Å². The van der Waals surface area contributed by atoms with Gasteiger partial charge in [-0.3, -0.25) is 4.79 Å². The maximum atomic E-state index is 13.8. The van der Waals surface area contributed by atoms with Gasteiger partial charge >= 0.3 is 0 Å². The van der Waals surface area contributed by atoms with Crippen LogP contribution in [-0.4, -0.2) is 5.91 Å². The molecule has 0 aliphatic rings. The van der Waals surface area contributed by atoms with Crippen LogP contribution in [0.2, 0.25) is 0 Å². The smallest absolute Gasteiger partial charge is 0.257 e. The highest BCUT2D eigenvalue weighted by Crippen LogP contribution is 2.26. The number of anilines is 3. The van der Waals surface area contributed by atoms with Gasteiger partial charge in [0.2, 0.25) is 0 Å². The first kappa shape index (κ1) is 17.6. The van der Waals surface area contributed by atoms with Crippen LogP contribution in [0.15, 0.2) is 60.7 Å². The van der Waals surface area contributed by atoms with Crippen LogP contribution in [0.1, 0.15) is 21.5 Å². The number of aryl methyl sites for hydroxylation is 1. The second kappa shape index (κ2) is 7.35. The predicted molar refractivity (Wildman–Crippen MR) is 100.0 cm³/mol. The summed E-state index contributed by atoms with van der Waals surface area (Å²) in [4.78, 5) is 12.6. The van der Waals surface area contributed by atoms with Gasteiger partial charge in [0.05, 0.1) is 16.9 Å². The van der Waals surface area contributed by atoms with Crippen molar-refractivity contribution in [2.24, 2.45) is 0 Å². The molecule has 0 unspecified atom stereocenters. The van der Waals surface area contributed by atoms with E-state index in [2.05, 4.69) is 10.6 Å². The number of hydrogen-bond acceptors (Lipinski definition) is 2. The SMILES string of the molecule is Cc1cccc(Nc2ccccc2C(=O)Nc2cc(F)ccc2F)c1C. The zero-order valence-corrected chi connectivity index (χ0v) is 14.4. The van der Waals surface area contributed by atoms with E-state index in [0.29, 0.717) is 11.3 Å². The number of carbonyl (C=O) groups is 1. The molecule has 0 atom stereocenters. The average molecular weight is 352 g/mol. The Kier molecular flexibility index (Phi) is 4.98. The summed E-state index contributed by atoms with van der Waals surface area (Å²) >= 11 is 0. The van der Waals surface area contributed by atoms with Crippen LogP contribution >= 0.6 is 0 Å². The monoisotopic (exact) mass is 352 g/mol. The molecule has 0 fully saturated rings. The Hall–Kier alpha value is -3.21. The van der Waals surface area contributed by atoms with Crippen molar-refractivity contribution >= 4 is 23.0 Å². The molecule has 3 aromatic carbocycles. The Morgan fingerprint density at radius 3 is 2.38 bits per heavy atom. The number of hydrogen-bond donors (Lipinski definition) is 2. The molecule has 0 aliphatic heterocycles. The number of benzene rings is 3. The molecule has 0 spiro atoms. The van der Waals surface area contributed by atoms with Crippen molar-refractivity contribution in [2.45, 2.75) is 13.8 Å². The van der Waals surface area contributed by atoms with Gasteiger partial charge in [0.1, 0.15) is 11.6 Å². The molecule has 0 bridgehead atoms. The van der Waals surface area contributed by atoms with Crippen molar-refractivity contribution in [1.29, 1.82) is 0 Å². The first-order valence-electron chi connectivity index (χ1n) is 8.14. The molecule has 26 heavy (non-hydrogen) atoms. The standard InChI is InChI=1S/C21H18F2N2O/c1-13-6-5-9-18(14(13)2)24-19-8-4-3-7-16(19)21(26)25-20-12-15(22)10-11-17(20)23/h3-12,24H,1-2H3,(H,25,26). The highest BCUT2D eigenvalue weighted by atomic mass is 19.1. The fourth-order valence-electron chi connectivity index (χ4n) is 2.60. The molecule has 2 N–H and O–H groups in total. The molecule has 0 aliphatic carbocycles. The normalized spacial score (nSPS) is 10.5. The number of para-hydroxylation sites is 1. The number of rotatable bonds is 4. The maximum absolute atomic E-state index is 13.8. The lowest BCUT2D eigenvalue weighted by Gasteiger charge is -2.15. The average Bonchev–Trinajstić information content (AvgIpc) is 2.62. The molecule has 0 radical (unpaired) electrons. The van der Waals surface area contributed by atoms with Crippen LogP contribution in [0.4, 0.5) is 25.8 Å². The van der Waals surface area contributed by atoms with E-state index in [0.717, 1.165) is 35.0 Å². The number of amides is 1. The summed E-state index contributed by atoms with van der Waals surface area (Å²) in [6.07, 6.45) is 0. The molecule has 132 valence electrons. The highest BCUT2D eigenvalue weighted by molar-refractivity contribution is 6.08. The Bertz CT molecular complexity index is 970. The van der Waals surface area contributed by atoms with Crippen LogP contribution in [-0.2, 0) is 0 Å². The van der Waals surface area contributed by atoms with Crippen molar-refractivity contribution in [1.82, 2.24) is 0 Å². The Labute approximate surface area is 150 Å². The fraction of sp³-hybridized carbons (Fsp3) is 0.0952. The van der Waals surface area contributed by atoms with Gasteiger partial charge < -0.3 is 10.6 Å². The van der Waals surface area contributed by atoms with Gasteiger partial charge in [0.25, 0.3) is 5.91 Å². The van der Waals surface area contributed by atoms with Crippen molar-refractivity contribution < 1.29 is 13.6 Å². The highest BCUT2D eigenvalue weighted by Gasteiger charge is 2.14. The predicted octanol–water partition coefficient (Wildman–Crippen LogP) is 5.58. The Morgan fingerprint density at radius 2 is 1.58 bits per heavy atom. The lowest BCUT2D eigenvalue weighted by molar-refractivity contribution is 0.102. The van der Waals surface area contributed by atoms with Crippen molar-refractivity contribution in [2.75, 3.05) is 10.6 Å². The summed E-state index contributed by atoms with van der Waals surface area (Å²) in [6.45, 7) is 3.99. The van der Waals surface area contributed by atoms with Crippen molar-refractivity contribution in [3.63, 3.8) is 0 Å². The first-order chi connectivity index (χ1) is 12.5. The summed E-state index contributed by atoms with van der Waals surface area (Å²) in [5, 5.41) is 5.67. The van der Waals surface area contributed by atoms with E-state index in [9.17, 15) is 13.6 Å². The Balaban J connectivity index is 1.90. The van der Waals surface area contributed by atoms with Crippen LogP contribution in [0.25, 0.3) is 0 Å². The summed E-state index contributed by atoms with van der Waals surface area (Å²) in [5.74, 6) is -1.84. The van der Waals surface area contributed by atoms with Crippen molar-refractivity contribution in [3.8, 4) is 0 Å². The zero-order valence-electron chi connectivity index (χ0n) is 14.4. The molecule has 3 aromatic rings. The maximum Gasteiger partial charge on any atom is 0.257 e. The van der Waals surface area contributed by atoms with E-state index in [4.69, 9.17) is 0 Å². The summed E-state index contributed by atoms with van der Waals surface area (Å²) in [7, 11) is 0. The van der Waals surface area contributed by atoms with Gasteiger partial charge in [-0.15, -0.1) is 0 Å². The number of halogens is 2. The zero-order chi connectivity index (χ0) is 18.7. The third-order valence-electron chi connectivity index (χ3n) is 4.22. The van der Waals surface area contributed by atoms with Gasteiger partial charge in [-0.1, -0.05) is 24.3 Å². The van der Waals surface area contributed by atoms with Crippen LogP contribution in [0.5, 0.6) is 0 Å². The molecule has 3 rings (SSSR count). The van der Waals surface area contributed by atoms with Crippen LogP contribution < -0.4 is 10.6 Å². The van der Waals surface area contributed by atoms with E-state index in [1.165, 1.54) is 0 Å². The van der Waals surface area contributed by atoms with E-state index in [1.807, 2.05) is 32.0 Å². The minimum Gasteiger partial charge on any atom is -0.355 e. The van der Waals surface area contributed by atoms with E-state index < -0.39 is 17.5 Å². The summed E-state index contributed by atoms with van der Waals surface area (Å²) in [6, 6.07) is 15.7. The molecular formula is C21H18F2N2O. The Morgan fingerprint density at radius 1 is 0.846 bits per heavy atom. The number of carbonyl (C=O) groups excluding carboxylic acids is 1. The molecule has 0 saturated carbocycles. The van der Waals surface area contributed by atoms with E-state index >= 15 is 0 Å². The van der Waals surface area contributed by atoms with Gasteiger partial charge in [0, 0.05) is 11.8 Å². The summed E-state index contributed by atoms with van der Waals surface area (Å²) < 4.78 is 27.1. The molecule has 0 aromatic heterocycles. The third-order valence-corrected chi connectivity index (χ3v) is 4.22. The molecular weight excluding hydrogens is 334 g/mol. The molecule has 5 heteroatoms. The lowest BCUT2D eigenvalue weighted by atomic mass is 10.1. The molecule has 0 heterocycles. The van der Waals surface area contributed by atoms with Crippen LogP contribution in [0, 0.1) is 25.5 Å². The molecule has 3 nitrogen and oxygen atoms in total. The minimum absolute atomic E-state index is 0.198. The van der Waals surface area contributed by atoms with Gasteiger partial charge in [0.15, 0.2) is 0 Å². The topological polar surface area (TPSA) is 41.1 Å². The lowest BCUT2D eigenvalue weighted by Crippen LogP contribution is -2.15. The van der Waals surface area contributed by atoms with E-state index in [1.54, 1.807) is 24.3 Å². The van der Waals surface area contributed by atoms with Crippen molar-refractivity contribution in [3.05, 3.63) is 89.0 Å². The number of nitrogens with one attached hydrogen (secondary N) is 2. The fourth-order valence-corrected chi connectivity index (χ4v) is 2.60. The summed E-state index contributed by atoms with van der Waals surface area (Å²) in [5.41, 5.74) is 3.78. The van der Waals surface area contributed by atoms with Gasteiger partial charge in [-0.05, 0) is 55.3 Å².